The summed E-state index contributed by atoms with van der Waals surface area (Å²) in [6.07, 6.45) is 6.39. The first-order valence-electron chi connectivity index (χ1n) is 8.44. The van der Waals surface area contributed by atoms with Crippen molar-refractivity contribution in [3.63, 3.8) is 0 Å². The van der Waals surface area contributed by atoms with Crippen molar-refractivity contribution >= 4 is 11.6 Å². The number of aliphatic hydroxyl groups is 1. The first kappa shape index (κ1) is 21.6. The minimum atomic E-state index is 0. The van der Waals surface area contributed by atoms with Gasteiger partial charge in [0.25, 0.3) is 0 Å². The van der Waals surface area contributed by atoms with Crippen LogP contribution in [0.4, 0.5) is 0 Å². The van der Waals surface area contributed by atoms with Gasteiger partial charge in [0.05, 0.1) is 6.61 Å². The molecular weight excluding hydrogens is 385 g/mol. The molecule has 127 valence electrons. The van der Waals surface area contributed by atoms with Crippen molar-refractivity contribution in [2.45, 2.75) is 50.5 Å². The monoisotopic (exact) mass is 412 g/mol. The first-order chi connectivity index (χ1) is 10.7. The van der Waals surface area contributed by atoms with Crippen molar-refractivity contribution in [2.24, 2.45) is 11.8 Å². The predicted molar refractivity (Wildman–Crippen MR) is 92.0 cm³/mol. The number of ether oxygens (including phenoxy) is 1. The fraction of sp³-hybridized carbons (Fsp3) is 0.632. The summed E-state index contributed by atoms with van der Waals surface area (Å²) in [5.74, 6) is 1.13. The van der Waals surface area contributed by atoms with Gasteiger partial charge < -0.3 is 16.8 Å². The van der Waals surface area contributed by atoms with Crippen LogP contribution in [0.15, 0.2) is 24.3 Å². The Kier molecular flexibility index (Phi) is 11.2. The second kappa shape index (κ2) is 12.0. The number of benzene rings is 1. The van der Waals surface area contributed by atoms with E-state index in [4.69, 9.17) is 16.3 Å². The van der Waals surface area contributed by atoms with Crippen LogP contribution >= 0.6 is 11.6 Å². The van der Waals surface area contributed by atoms with Crippen molar-refractivity contribution in [1.29, 1.82) is 0 Å². The third-order valence-electron chi connectivity index (χ3n) is 4.69. The van der Waals surface area contributed by atoms with Crippen molar-refractivity contribution in [3.8, 4) is 0 Å². The number of hydrogen-bond acceptors (Lipinski definition) is 2. The number of hydrogen-bond donors (Lipinski definition) is 1. The Morgan fingerprint density at radius 2 is 2.04 bits per heavy atom. The molecular formula is C19H28ClO2Y-. The molecule has 1 N–H and O–H groups in total. The maximum atomic E-state index is 9.22. The average molecular weight is 413 g/mol. The van der Waals surface area contributed by atoms with Crippen molar-refractivity contribution in [1.82, 2.24) is 0 Å². The van der Waals surface area contributed by atoms with Gasteiger partial charge in [0.15, 0.2) is 0 Å². The van der Waals surface area contributed by atoms with Crippen LogP contribution in [-0.2, 0) is 50.5 Å². The standard InChI is InChI=1S/C19H28ClO2.Y/c1-2-3-11-22-14-17-8-10-19(20)18(17)9-7-15-5-4-6-16(12-15)13-21;/h4-6,12,17-19,21H,1-3,7-11,13-14H2;/q-1;/t17-,18-,19?;/m1./s1. The average Bonchev–Trinajstić information content (AvgIpc) is 2.90. The van der Waals surface area contributed by atoms with E-state index in [1.165, 1.54) is 12.0 Å². The predicted octanol–water partition coefficient (Wildman–Crippen LogP) is 4.37. The Labute approximate surface area is 171 Å². The largest absolute Gasteiger partial charge is 0.392 e. The Morgan fingerprint density at radius 1 is 1.26 bits per heavy atom. The molecule has 1 saturated carbocycles. The van der Waals surface area contributed by atoms with E-state index in [0.29, 0.717) is 11.8 Å². The molecule has 1 unspecified atom stereocenters. The third-order valence-corrected chi connectivity index (χ3v) is 5.24. The molecule has 0 bridgehead atoms. The summed E-state index contributed by atoms with van der Waals surface area (Å²) < 4.78 is 5.79. The first-order valence-corrected chi connectivity index (χ1v) is 8.88. The normalized spacial score (nSPS) is 23.7. The molecule has 0 aromatic heterocycles. The smallest absolute Gasteiger partial charge is 0.0681 e. The van der Waals surface area contributed by atoms with Crippen LogP contribution in [0.25, 0.3) is 0 Å². The third kappa shape index (κ3) is 7.12. The van der Waals surface area contributed by atoms with Gasteiger partial charge >= 0.3 is 0 Å². The van der Waals surface area contributed by atoms with E-state index in [1.54, 1.807) is 0 Å². The van der Waals surface area contributed by atoms with Crippen LogP contribution in [0.2, 0.25) is 0 Å². The van der Waals surface area contributed by atoms with Crippen LogP contribution in [-0.4, -0.2) is 23.7 Å². The zero-order valence-corrected chi connectivity index (χ0v) is 17.5. The molecule has 1 aliphatic carbocycles. The zero-order chi connectivity index (χ0) is 15.8. The number of halogens is 1. The van der Waals surface area contributed by atoms with Gasteiger partial charge in [-0.25, -0.2) is 0 Å². The fourth-order valence-electron chi connectivity index (χ4n) is 3.38. The molecule has 2 nitrogen and oxygen atoms in total. The Hall–Kier alpha value is 0.534. The number of unbranched alkanes of at least 4 members (excludes halogenated alkanes) is 1. The zero-order valence-electron chi connectivity index (χ0n) is 13.9. The number of aryl methyl sites for hydroxylation is 1. The van der Waals surface area contributed by atoms with E-state index >= 15 is 0 Å². The molecule has 1 aliphatic rings. The van der Waals surface area contributed by atoms with Crippen molar-refractivity contribution < 1.29 is 42.6 Å². The van der Waals surface area contributed by atoms with Gasteiger partial charge in [0, 0.05) is 51.3 Å². The van der Waals surface area contributed by atoms with E-state index < -0.39 is 0 Å². The summed E-state index contributed by atoms with van der Waals surface area (Å²) in [6.45, 7) is 5.61. The number of rotatable bonds is 9. The van der Waals surface area contributed by atoms with Crippen molar-refractivity contribution in [3.05, 3.63) is 42.3 Å². The van der Waals surface area contributed by atoms with Gasteiger partial charge in [-0.05, 0) is 48.6 Å². The van der Waals surface area contributed by atoms with Crippen LogP contribution in [0.5, 0.6) is 0 Å². The van der Waals surface area contributed by atoms with E-state index in [-0.39, 0.29) is 44.7 Å². The maximum Gasteiger partial charge on any atom is 0.0681 e. The summed E-state index contributed by atoms with van der Waals surface area (Å²) >= 11 is 6.53. The van der Waals surface area contributed by atoms with Crippen LogP contribution in [0, 0.1) is 18.8 Å². The Bertz CT molecular complexity index is 441. The summed E-state index contributed by atoms with van der Waals surface area (Å²) in [4.78, 5) is 0. The molecule has 0 amide bonds. The van der Waals surface area contributed by atoms with E-state index in [9.17, 15) is 5.11 Å². The van der Waals surface area contributed by atoms with Crippen molar-refractivity contribution in [2.75, 3.05) is 13.2 Å². The van der Waals surface area contributed by atoms with E-state index in [1.807, 2.05) is 12.1 Å². The second-order valence-corrected chi connectivity index (χ2v) is 6.88. The molecule has 1 aromatic carbocycles. The Balaban J connectivity index is 0.00000264. The number of alkyl halides is 1. The summed E-state index contributed by atoms with van der Waals surface area (Å²) in [6, 6.07) is 8.21. The topological polar surface area (TPSA) is 29.5 Å². The summed E-state index contributed by atoms with van der Waals surface area (Å²) in [5, 5.41) is 9.50. The van der Waals surface area contributed by atoms with E-state index in [0.717, 1.165) is 50.9 Å². The molecule has 3 atom stereocenters. The van der Waals surface area contributed by atoms with Crippen LogP contribution < -0.4 is 0 Å². The summed E-state index contributed by atoms with van der Waals surface area (Å²) in [7, 11) is 0. The maximum absolute atomic E-state index is 9.22. The van der Waals surface area contributed by atoms with Gasteiger partial charge in [-0.3, -0.25) is 0 Å². The molecule has 1 aromatic rings. The molecule has 1 radical (unpaired) electrons. The molecule has 4 heteroatoms. The van der Waals surface area contributed by atoms with E-state index in [2.05, 4.69) is 19.1 Å². The van der Waals surface area contributed by atoms with Gasteiger partial charge in [0.2, 0.25) is 0 Å². The fourth-order valence-corrected chi connectivity index (χ4v) is 3.83. The van der Waals surface area contributed by atoms with Gasteiger partial charge in [-0.15, -0.1) is 11.6 Å². The van der Waals surface area contributed by atoms with Crippen LogP contribution in [0.1, 0.15) is 43.2 Å². The van der Waals surface area contributed by atoms with Gasteiger partial charge in [-0.2, -0.15) is 6.42 Å². The second-order valence-electron chi connectivity index (χ2n) is 6.32. The molecule has 23 heavy (non-hydrogen) atoms. The van der Waals surface area contributed by atoms with Gasteiger partial charge in [0.1, 0.15) is 0 Å². The molecule has 0 saturated heterocycles. The molecule has 1 fully saturated rings. The molecule has 2 rings (SSSR count). The van der Waals surface area contributed by atoms with Crippen LogP contribution in [0.3, 0.4) is 0 Å². The quantitative estimate of drug-likeness (QED) is 0.371. The molecule has 0 aliphatic heterocycles. The number of aliphatic hydroxyl groups excluding tert-OH is 1. The molecule has 0 heterocycles. The van der Waals surface area contributed by atoms with Gasteiger partial charge in [-0.1, -0.05) is 30.7 Å². The minimum absolute atomic E-state index is 0. The molecule has 0 spiro atoms. The Morgan fingerprint density at radius 3 is 2.78 bits per heavy atom. The SMILES string of the molecule is [CH2-]CCCOC[C@H]1CCC(Cl)[C@@H]1CCc1cccc(CO)c1.[Y]. The minimum Gasteiger partial charge on any atom is -0.392 e. The summed E-state index contributed by atoms with van der Waals surface area (Å²) in [5.41, 5.74) is 2.28.